The first-order valence-corrected chi connectivity index (χ1v) is 6.65. The molecular weight excluding hydrogens is 230 g/mol. The molecule has 0 bridgehead atoms. The summed E-state index contributed by atoms with van der Waals surface area (Å²) in [6.45, 7) is 3.61. The summed E-state index contributed by atoms with van der Waals surface area (Å²) < 4.78 is 0. The van der Waals surface area contributed by atoms with E-state index in [1.807, 2.05) is 0 Å². The molecule has 0 radical (unpaired) electrons. The van der Waals surface area contributed by atoms with Crippen molar-refractivity contribution in [3.63, 3.8) is 0 Å². The molecule has 0 heterocycles. The van der Waals surface area contributed by atoms with Crippen LogP contribution in [0.25, 0.3) is 10.4 Å². The summed E-state index contributed by atoms with van der Waals surface area (Å²) in [6.07, 6.45) is 5.56. The van der Waals surface area contributed by atoms with Crippen molar-refractivity contribution in [1.82, 2.24) is 0 Å². The third kappa shape index (κ3) is 9.85. The Hall–Kier alpha value is -1.35. The van der Waals surface area contributed by atoms with Crippen molar-refractivity contribution in [2.75, 3.05) is 0 Å². The molecule has 1 unspecified atom stereocenters. The van der Waals surface area contributed by atoms with E-state index in [-0.39, 0.29) is 17.6 Å². The Kier molecular flexibility index (Phi) is 9.97. The maximum Gasteiger partial charge on any atom is 0.132 e. The standard InChI is InChI=1S/C13H23N3O2/c1-3-4-8-13(18)10-9-12(15-16-14)7-5-6-11(2)17/h12H,3-10H2,1-2H3. The molecule has 0 aromatic heterocycles. The molecule has 0 aliphatic carbocycles. The molecule has 5 nitrogen and oxygen atoms in total. The monoisotopic (exact) mass is 253 g/mol. The van der Waals surface area contributed by atoms with Crippen LogP contribution in [0.2, 0.25) is 0 Å². The van der Waals surface area contributed by atoms with Crippen LogP contribution in [0.5, 0.6) is 0 Å². The highest BCUT2D eigenvalue weighted by molar-refractivity contribution is 5.78. The fraction of sp³-hybridized carbons (Fsp3) is 0.846. The zero-order chi connectivity index (χ0) is 13.8. The van der Waals surface area contributed by atoms with Crippen molar-refractivity contribution >= 4 is 11.6 Å². The van der Waals surface area contributed by atoms with E-state index in [4.69, 9.17) is 5.53 Å². The van der Waals surface area contributed by atoms with E-state index >= 15 is 0 Å². The second-order valence-electron chi connectivity index (χ2n) is 4.63. The summed E-state index contributed by atoms with van der Waals surface area (Å²) in [7, 11) is 0. The first-order chi connectivity index (χ1) is 8.60. The number of rotatable bonds is 11. The van der Waals surface area contributed by atoms with Gasteiger partial charge in [-0.25, -0.2) is 0 Å². The highest BCUT2D eigenvalue weighted by atomic mass is 16.1. The molecule has 0 aromatic carbocycles. The first kappa shape index (κ1) is 16.6. The summed E-state index contributed by atoms with van der Waals surface area (Å²) in [6, 6.07) is -0.153. The fourth-order valence-electron chi connectivity index (χ4n) is 1.75. The third-order valence-corrected chi connectivity index (χ3v) is 2.85. The Labute approximate surface area is 109 Å². The normalized spacial score (nSPS) is 11.7. The van der Waals surface area contributed by atoms with Crippen LogP contribution in [0.3, 0.4) is 0 Å². The lowest BCUT2D eigenvalue weighted by molar-refractivity contribution is -0.119. The van der Waals surface area contributed by atoms with Crippen LogP contribution in [0, 0.1) is 0 Å². The molecule has 1 atom stereocenters. The number of hydrogen-bond donors (Lipinski definition) is 0. The van der Waals surface area contributed by atoms with Crippen LogP contribution < -0.4 is 0 Å². The molecule has 0 aliphatic rings. The quantitative estimate of drug-likeness (QED) is 0.317. The highest BCUT2D eigenvalue weighted by Crippen LogP contribution is 2.13. The molecule has 5 heteroatoms. The van der Waals surface area contributed by atoms with Crippen LogP contribution >= 0.6 is 0 Å². The molecule has 0 aliphatic heterocycles. The van der Waals surface area contributed by atoms with Crippen molar-refractivity contribution < 1.29 is 9.59 Å². The summed E-state index contributed by atoms with van der Waals surface area (Å²) in [4.78, 5) is 25.1. The number of carbonyl (C=O) groups is 2. The minimum absolute atomic E-state index is 0.147. The summed E-state index contributed by atoms with van der Waals surface area (Å²) in [5, 5.41) is 3.69. The van der Waals surface area contributed by atoms with Gasteiger partial charge in [0.2, 0.25) is 0 Å². The van der Waals surface area contributed by atoms with Crippen LogP contribution in [0.15, 0.2) is 5.11 Å². The lowest BCUT2D eigenvalue weighted by atomic mass is 10.0. The molecule has 0 fully saturated rings. The smallest absolute Gasteiger partial charge is 0.132 e. The minimum Gasteiger partial charge on any atom is -0.300 e. The van der Waals surface area contributed by atoms with Crippen LogP contribution in [-0.2, 0) is 9.59 Å². The molecule has 0 N–H and O–H groups in total. The van der Waals surface area contributed by atoms with Gasteiger partial charge in [0.15, 0.2) is 0 Å². The Bertz CT molecular complexity index is 309. The molecule has 0 saturated heterocycles. The molecule has 0 amide bonds. The third-order valence-electron chi connectivity index (χ3n) is 2.85. The van der Waals surface area contributed by atoms with Crippen LogP contribution in [-0.4, -0.2) is 17.6 Å². The molecule has 0 rings (SSSR count). The van der Waals surface area contributed by atoms with Gasteiger partial charge in [-0.15, -0.1) is 0 Å². The van der Waals surface area contributed by atoms with E-state index in [0.29, 0.717) is 32.1 Å². The van der Waals surface area contributed by atoms with E-state index in [2.05, 4.69) is 16.9 Å². The molecule has 18 heavy (non-hydrogen) atoms. The first-order valence-electron chi connectivity index (χ1n) is 6.65. The van der Waals surface area contributed by atoms with Crippen molar-refractivity contribution in [2.45, 2.75) is 71.3 Å². The Morgan fingerprint density at radius 3 is 2.44 bits per heavy atom. The zero-order valence-corrected chi connectivity index (χ0v) is 11.4. The number of ketones is 2. The van der Waals surface area contributed by atoms with Gasteiger partial charge in [0.1, 0.15) is 11.6 Å². The lowest BCUT2D eigenvalue weighted by Gasteiger charge is -2.09. The molecule has 0 aromatic rings. The summed E-state index contributed by atoms with van der Waals surface area (Å²) >= 11 is 0. The second-order valence-corrected chi connectivity index (χ2v) is 4.63. The van der Waals surface area contributed by atoms with E-state index in [1.165, 1.54) is 0 Å². The van der Waals surface area contributed by atoms with Crippen molar-refractivity contribution in [2.24, 2.45) is 5.11 Å². The van der Waals surface area contributed by atoms with Crippen molar-refractivity contribution in [1.29, 1.82) is 0 Å². The largest absolute Gasteiger partial charge is 0.300 e. The number of Topliss-reactive ketones (excluding diaryl/α,β-unsaturated/α-hetero) is 2. The van der Waals surface area contributed by atoms with E-state index < -0.39 is 0 Å². The molecular formula is C13H23N3O2. The zero-order valence-electron chi connectivity index (χ0n) is 11.4. The molecule has 102 valence electrons. The Balaban J connectivity index is 3.92. The van der Waals surface area contributed by atoms with Gasteiger partial charge < -0.3 is 4.79 Å². The molecule has 0 spiro atoms. The van der Waals surface area contributed by atoms with E-state index in [0.717, 1.165) is 19.3 Å². The number of azide groups is 1. The second kappa shape index (κ2) is 10.8. The van der Waals surface area contributed by atoms with E-state index in [9.17, 15) is 9.59 Å². The van der Waals surface area contributed by atoms with Gasteiger partial charge >= 0.3 is 0 Å². The van der Waals surface area contributed by atoms with Gasteiger partial charge in [-0.1, -0.05) is 18.5 Å². The predicted molar refractivity (Wildman–Crippen MR) is 71.2 cm³/mol. The highest BCUT2D eigenvalue weighted by Gasteiger charge is 2.10. The summed E-state index contributed by atoms with van der Waals surface area (Å²) in [5.74, 6) is 0.385. The number of nitrogens with zero attached hydrogens (tertiary/aromatic N) is 3. The van der Waals surface area contributed by atoms with Gasteiger partial charge in [0, 0.05) is 30.2 Å². The predicted octanol–water partition coefficient (Wildman–Crippen LogP) is 3.96. The van der Waals surface area contributed by atoms with Gasteiger partial charge in [-0.2, -0.15) is 0 Å². The average Bonchev–Trinajstić information content (AvgIpc) is 2.33. The fourth-order valence-corrected chi connectivity index (χ4v) is 1.75. The van der Waals surface area contributed by atoms with Crippen molar-refractivity contribution in [3.8, 4) is 0 Å². The average molecular weight is 253 g/mol. The number of carbonyl (C=O) groups excluding carboxylic acids is 2. The van der Waals surface area contributed by atoms with Gasteiger partial charge in [-0.3, -0.25) is 4.79 Å². The van der Waals surface area contributed by atoms with Gasteiger partial charge in [-0.05, 0) is 38.1 Å². The van der Waals surface area contributed by atoms with E-state index in [1.54, 1.807) is 6.92 Å². The lowest BCUT2D eigenvalue weighted by Crippen LogP contribution is -2.08. The minimum atomic E-state index is -0.153. The number of hydrogen-bond acceptors (Lipinski definition) is 3. The van der Waals surface area contributed by atoms with Gasteiger partial charge in [0.05, 0.1) is 0 Å². The maximum atomic E-state index is 11.5. The SMILES string of the molecule is CCCCC(=O)CCC(CCCC(C)=O)N=[N+]=[N-]. The summed E-state index contributed by atoms with van der Waals surface area (Å²) in [5.41, 5.74) is 8.46. The number of unbranched alkanes of at least 4 members (excludes halogenated alkanes) is 1. The Morgan fingerprint density at radius 1 is 1.17 bits per heavy atom. The maximum absolute atomic E-state index is 11.5. The Morgan fingerprint density at radius 2 is 1.89 bits per heavy atom. The van der Waals surface area contributed by atoms with Gasteiger partial charge in [0.25, 0.3) is 0 Å². The topological polar surface area (TPSA) is 82.9 Å². The van der Waals surface area contributed by atoms with Crippen LogP contribution in [0.1, 0.15) is 65.2 Å². The molecule has 0 saturated carbocycles. The van der Waals surface area contributed by atoms with Crippen molar-refractivity contribution in [3.05, 3.63) is 10.4 Å². The van der Waals surface area contributed by atoms with Crippen LogP contribution in [0.4, 0.5) is 0 Å².